The van der Waals surface area contributed by atoms with E-state index in [1.54, 1.807) is 6.20 Å². The Morgan fingerprint density at radius 3 is 2.75 bits per heavy atom. The molecule has 0 saturated heterocycles. The summed E-state index contributed by atoms with van der Waals surface area (Å²) in [5, 5.41) is 4.07. The van der Waals surface area contributed by atoms with Crippen molar-refractivity contribution >= 4 is 17.7 Å². The number of hydrogen-bond acceptors (Lipinski definition) is 3. The summed E-state index contributed by atoms with van der Waals surface area (Å²) in [5.41, 5.74) is 7.33. The third kappa shape index (κ3) is 2.14. The molecule has 1 aliphatic rings. The van der Waals surface area contributed by atoms with Gasteiger partial charge in [0, 0.05) is 17.6 Å². The summed E-state index contributed by atoms with van der Waals surface area (Å²) in [6.07, 6.45) is 3.50. The lowest BCUT2D eigenvalue weighted by atomic mass is 10.1. The van der Waals surface area contributed by atoms with E-state index in [4.69, 9.17) is 0 Å². The predicted octanol–water partition coefficient (Wildman–Crippen LogP) is 1.94. The molecular formula is C15H14N4O. The SMILES string of the molecule is Cc1cc(C)c(C=C2C(=O)NN=C2c2ccccn2)[nH]1. The highest BCUT2D eigenvalue weighted by molar-refractivity contribution is 6.32. The molecule has 3 rings (SSSR count). The second-order valence-corrected chi connectivity index (χ2v) is 4.72. The number of H-pyrrole nitrogens is 1. The summed E-state index contributed by atoms with van der Waals surface area (Å²) in [4.78, 5) is 19.4. The minimum Gasteiger partial charge on any atom is -0.359 e. The number of hydrazone groups is 1. The van der Waals surface area contributed by atoms with Gasteiger partial charge in [0.15, 0.2) is 0 Å². The largest absolute Gasteiger partial charge is 0.359 e. The zero-order valence-corrected chi connectivity index (χ0v) is 11.3. The number of aryl methyl sites for hydroxylation is 2. The Morgan fingerprint density at radius 1 is 1.25 bits per heavy atom. The number of nitrogens with zero attached hydrogens (tertiary/aromatic N) is 2. The zero-order chi connectivity index (χ0) is 14.1. The summed E-state index contributed by atoms with van der Waals surface area (Å²) in [5.74, 6) is -0.211. The van der Waals surface area contributed by atoms with Crippen molar-refractivity contribution in [2.24, 2.45) is 5.10 Å². The number of amides is 1. The Labute approximate surface area is 116 Å². The minimum absolute atomic E-state index is 0.211. The molecule has 3 heterocycles. The molecule has 0 spiro atoms. The van der Waals surface area contributed by atoms with Gasteiger partial charge in [0.1, 0.15) is 5.71 Å². The quantitative estimate of drug-likeness (QED) is 0.815. The third-order valence-corrected chi connectivity index (χ3v) is 3.15. The van der Waals surface area contributed by atoms with Crippen LogP contribution in [-0.2, 0) is 4.79 Å². The van der Waals surface area contributed by atoms with Crippen molar-refractivity contribution in [2.45, 2.75) is 13.8 Å². The summed E-state index contributed by atoms with van der Waals surface area (Å²) >= 11 is 0. The lowest BCUT2D eigenvalue weighted by Gasteiger charge is -2.00. The Hall–Kier alpha value is -2.69. The zero-order valence-electron chi connectivity index (χ0n) is 11.3. The van der Waals surface area contributed by atoms with E-state index in [-0.39, 0.29) is 5.91 Å². The molecule has 0 unspecified atom stereocenters. The van der Waals surface area contributed by atoms with E-state index in [1.807, 2.05) is 44.2 Å². The minimum atomic E-state index is -0.211. The number of pyridine rings is 1. The number of aromatic nitrogens is 2. The first-order chi connectivity index (χ1) is 9.65. The Kier molecular flexibility index (Phi) is 2.95. The number of carbonyl (C=O) groups excluding carboxylic acids is 1. The fraction of sp³-hybridized carbons (Fsp3) is 0.133. The van der Waals surface area contributed by atoms with Crippen LogP contribution in [0.3, 0.4) is 0 Å². The van der Waals surface area contributed by atoms with E-state index < -0.39 is 0 Å². The summed E-state index contributed by atoms with van der Waals surface area (Å²) in [7, 11) is 0. The van der Waals surface area contributed by atoms with Crippen LogP contribution >= 0.6 is 0 Å². The monoisotopic (exact) mass is 266 g/mol. The Bertz CT molecular complexity index is 726. The summed E-state index contributed by atoms with van der Waals surface area (Å²) < 4.78 is 0. The van der Waals surface area contributed by atoms with Crippen LogP contribution in [0, 0.1) is 13.8 Å². The molecule has 20 heavy (non-hydrogen) atoms. The molecule has 2 aromatic rings. The maximum absolute atomic E-state index is 11.9. The summed E-state index contributed by atoms with van der Waals surface area (Å²) in [6.45, 7) is 3.98. The topological polar surface area (TPSA) is 70.1 Å². The Morgan fingerprint density at radius 2 is 2.10 bits per heavy atom. The highest BCUT2D eigenvalue weighted by atomic mass is 16.2. The van der Waals surface area contributed by atoms with Crippen LogP contribution in [0.15, 0.2) is 41.1 Å². The van der Waals surface area contributed by atoms with Gasteiger partial charge in [0.05, 0.1) is 11.3 Å². The highest BCUT2D eigenvalue weighted by Crippen LogP contribution is 2.18. The normalized spacial score (nSPS) is 16.4. The van der Waals surface area contributed by atoms with Crippen LogP contribution in [0.4, 0.5) is 0 Å². The van der Waals surface area contributed by atoms with Crippen LogP contribution in [0.25, 0.3) is 6.08 Å². The maximum Gasteiger partial charge on any atom is 0.273 e. The fourth-order valence-corrected chi connectivity index (χ4v) is 2.21. The molecule has 1 amide bonds. The van der Waals surface area contributed by atoms with Crippen molar-refractivity contribution in [3.05, 3.63) is 58.7 Å². The van der Waals surface area contributed by atoms with Gasteiger partial charge in [-0.2, -0.15) is 5.10 Å². The molecule has 2 N–H and O–H groups in total. The fourth-order valence-electron chi connectivity index (χ4n) is 2.21. The summed E-state index contributed by atoms with van der Waals surface area (Å²) in [6, 6.07) is 7.57. The van der Waals surface area contributed by atoms with E-state index in [1.165, 1.54) is 0 Å². The molecule has 0 radical (unpaired) electrons. The molecule has 5 heteroatoms. The standard InChI is InChI=1S/C15H14N4O/c1-9-7-10(2)17-13(9)8-11-14(18-19-15(11)20)12-5-3-4-6-16-12/h3-8,17H,1-2H3,(H,19,20). The van der Waals surface area contributed by atoms with E-state index in [2.05, 4.69) is 20.5 Å². The van der Waals surface area contributed by atoms with Crippen LogP contribution in [0.5, 0.6) is 0 Å². The van der Waals surface area contributed by atoms with Crippen molar-refractivity contribution in [1.29, 1.82) is 0 Å². The highest BCUT2D eigenvalue weighted by Gasteiger charge is 2.25. The van der Waals surface area contributed by atoms with Crippen molar-refractivity contribution in [3.8, 4) is 0 Å². The molecule has 0 aromatic carbocycles. The van der Waals surface area contributed by atoms with Gasteiger partial charge in [0.25, 0.3) is 5.91 Å². The first-order valence-electron chi connectivity index (χ1n) is 6.33. The van der Waals surface area contributed by atoms with Gasteiger partial charge in [-0.25, -0.2) is 5.43 Å². The first-order valence-corrected chi connectivity index (χ1v) is 6.33. The van der Waals surface area contributed by atoms with Crippen molar-refractivity contribution in [3.63, 3.8) is 0 Å². The number of rotatable bonds is 2. The molecule has 0 saturated carbocycles. The van der Waals surface area contributed by atoms with Gasteiger partial charge >= 0.3 is 0 Å². The molecular weight excluding hydrogens is 252 g/mol. The predicted molar refractivity (Wildman–Crippen MR) is 77.2 cm³/mol. The van der Waals surface area contributed by atoms with Crippen LogP contribution in [-0.4, -0.2) is 21.6 Å². The van der Waals surface area contributed by atoms with Crippen molar-refractivity contribution < 1.29 is 4.79 Å². The lowest BCUT2D eigenvalue weighted by molar-refractivity contribution is -0.116. The van der Waals surface area contributed by atoms with E-state index >= 15 is 0 Å². The third-order valence-electron chi connectivity index (χ3n) is 3.15. The van der Waals surface area contributed by atoms with Gasteiger partial charge < -0.3 is 4.98 Å². The number of carbonyl (C=O) groups is 1. The molecule has 0 aliphatic carbocycles. The van der Waals surface area contributed by atoms with E-state index in [0.29, 0.717) is 17.0 Å². The van der Waals surface area contributed by atoms with Gasteiger partial charge in [-0.1, -0.05) is 6.07 Å². The number of aromatic amines is 1. The van der Waals surface area contributed by atoms with Gasteiger partial charge in [0.2, 0.25) is 0 Å². The molecule has 100 valence electrons. The average Bonchev–Trinajstić information content (AvgIpc) is 2.95. The second kappa shape index (κ2) is 4.77. The molecule has 0 fully saturated rings. The van der Waals surface area contributed by atoms with Crippen LogP contribution in [0.2, 0.25) is 0 Å². The molecule has 0 bridgehead atoms. The van der Waals surface area contributed by atoms with Crippen molar-refractivity contribution in [1.82, 2.24) is 15.4 Å². The average molecular weight is 266 g/mol. The van der Waals surface area contributed by atoms with Crippen LogP contribution in [0.1, 0.15) is 22.6 Å². The van der Waals surface area contributed by atoms with Crippen molar-refractivity contribution in [2.75, 3.05) is 0 Å². The second-order valence-electron chi connectivity index (χ2n) is 4.72. The first kappa shape index (κ1) is 12.3. The molecule has 5 nitrogen and oxygen atoms in total. The smallest absolute Gasteiger partial charge is 0.273 e. The Balaban J connectivity index is 2.05. The molecule has 0 atom stereocenters. The maximum atomic E-state index is 11.9. The van der Waals surface area contributed by atoms with Gasteiger partial charge in [-0.15, -0.1) is 0 Å². The van der Waals surface area contributed by atoms with Crippen LogP contribution < -0.4 is 5.43 Å². The molecule has 2 aromatic heterocycles. The van der Waals surface area contributed by atoms with E-state index in [9.17, 15) is 4.79 Å². The van der Waals surface area contributed by atoms with Gasteiger partial charge in [-0.3, -0.25) is 9.78 Å². The van der Waals surface area contributed by atoms with E-state index in [0.717, 1.165) is 17.0 Å². The molecule has 1 aliphatic heterocycles. The number of hydrogen-bond donors (Lipinski definition) is 2. The van der Waals surface area contributed by atoms with Gasteiger partial charge in [-0.05, 0) is 43.7 Å². The lowest BCUT2D eigenvalue weighted by Crippen LogP contribution is -2.14. The number of nitrogens with one attached hydrogen (secondary N) is 2.